The third kappa shape index (κ3) is 5.67. The zero-order valence-electron chi connectivity index (χ0n) is 10.1. The lowest BCUT2D eigenvalue weighted by Crippen LogP contribution is -2.00. The highest BCUT2D eigenvalue weighted by atomic mass is 14.2. The fourth-order valence-electron chi connectivity index (χ4n) is 2.32. The van der Waals surface area contributed by atoms with Gasteiger partial charge in [0.05, 0.1) is 0 Å². The maximum atomic E-state index is 2.34. The first-order chi connectivity index (χ1) is 6.79. The van der Waals surface area contributed by atoms with Crippen LogP contribution in [0.15, 0.2) is 0 Å². The van der Waals surface area contributed by atoms with Gasteiger partial charge in [-0.15, -0.1) is 0 Å². The minimum Gasteiger partial charge on any atom is -0.0628 e. The first kappa shape index (κ1) is 12.1. The minimum atomic E-state index is 0.884. The molecule has 0 aromatic rings. The summed E-state index contributed by atoms with van der Waals surface area (Å²) in [6, 6.07) is 0. The summed E-state index contributed by atoms with van der Waals surface area (Å²) >= 11 is 0. The molecule has 0 atom stereocenters. The second-order valence-electron chi connectivity index (χ2n) is 5.30. The van der Waals surface area contributed by atoms with E-state index in [1.165, 1.54) is 64.2 Å². The fourth-order valence-corrected chi connectivity index (χ4v) is 2.32. The molecule has 1 rings (SSSR count). The Bertz CT molecular complexity index is 116. The third-order valence-electron chi connectivity index (χ3n) is 3.39. The first-order valence-electron chi connectivity index (χ1n) is 6.62. The zero-order chi connectivity index (χ0) is 10.2. The lowest BCUT2D eigenvalue weighted by molar-refractivity contribution is 0.515. The second-order valence-corrected chi connectivity index (χ2v) is 5.30. The number of hydrogen-bond acceptors (Lipinski definition) is 0. The van der Waals surface area contributed by atoms with Crippen molar-refractivity contribution in [1.82, 2.24) is 0 Å². The van der Waals surface area contributed by atoms with Gasteiger partial charge in [-0.25, -0.2) is 0 Å². The summed E-state index contributed by atoms with van der Waals surface area (Å²) in [5, 5.41) is 0. The van der Waals surface area contributed by atoms with Crippen LogP contribution in [0.4, 0.5) is 0 Å². The maximum Gasteiger partial charge on any atom is -0.0241 e. The highest BCUT2D eigenvalue weighted by Crippen LogP contribution is 2.28. The maximum absolute atomic E-state index is 2.34. The van der Waals surface area contributed by atoms with Gasteiger partial charge in [-0.05, 0) is 31.1 Å². The van der Waals surface area contributed by atoms with Crippen molar-refractivity contribution in [2.45, 2.75) is 78.1 Å². The van der Waals surface area contributed by atoms with Crippen molar-refractivity contribution in [2.75, 3.05) is 0 Å². The molecule has 0 aliphatic heterocycles. The molecule has 1 saturated carbocycles. The second kappa shape index (κ2) is 7.31. The Hall–Kier alpha value is 0. The average molecular weight is 195 g/mol. The Morgan fingerprint density at radius 3 is 1.86 bits per heavy atom. The molecule has 0 aromatic heterocycles. The quantitative estimate of drug-likeness (QED) is 0.585. The van der Waals surface area contributed by atoms with Crippen molar-refractivity contribution in [3.8, 4) is 0 Å². The van der Waals surface area contributed by atoms with Gasteiger partial charge in [0, 0.05) is 0 Å². The third-order valence-corrected chi connectivity index (χ3v) is 3.39. The van der Waals surface area contributed by atoms with E-state index in [2.05, 4.69) is 13.8 Å². The highest BCUT2D eigenvalue weighted by molar-refractivity contribution is 4.89. The van der Waals surface area contributed by atoms with E-state index in [0.717, 1.165) is 5.92 Å². The highest BCUT2D eigenvalue weighted by Gasteiger charge is 2.11. The Labute approximate surface area is 90.5 Å². The summed E-state index contributed by atoms with van der Waals surface area (Å²) in [5.41, 5.74) is 0. The van der Waals surface area contributed by atoms with Crippen LogP contribution in [0, 0.1) is 11.8 Å². The Morgan fingerprint density at radius 2 is 1.36 bits per heavy atom. The van der Waals surface area contributed by atoms with Gasteiger partial charge in [0.25, 0.3) is 0 Å². The van der Waals surface area contributed by atoms with E-state index < -0.39 is 0 Å². The van der Waals surface area contributed by atoms with Gasteiger partial charge in [-0.2, -0.15) is 0 Å². The van der Waals surface area contributed by atoms with E-state index in [1.54, 1.807) is 0 Å². The molecule has 1 aliphatic carbocycles. The van der Waals surface area contributed by atoms with Crippen LogP contribution in [0.3, 0.4) is 0 Å². The van der Waals surface area contributed by atoms with Crippen LogP contribution in [0.2, 0.25) is 0 Å². The number of hydrogen-bond donors (Lipinski definition) is 0. The van der Waals surface area contributed by atoms with E-state index >= 15 is 0 Å². The van der Waals surface area contributed by atoms with E-state index in [-0.39, 0.29) is 0 Å². The fraction of sp³-hybridized carbons (Fsp3) is 0.929. The summed E-state index contributed by atoms with van der Waals surface area (Å²) in [6.45, 7) is 4.69. The van der Waals surface area contributed by atoms with Crippen molar-refractivity contribution in [2.24, 2.45) is 5.92 Å². The van der Waals surface area contributed by atoms with Gasteiger partial charge in [0.1, 0.15) is 0 Å². The molecule has 0 heterocycles. The molecule has 83 valence electrons. The smallest absolute Gasteiger partial charge is 0.0241 e. The Kier molecular flexibility index (Phi) is 6.31. The summed E-state index contributed by atoms with van der Waals surface area (Å²) < 4.78 is 0. The Morgan fingerprint density at radius 1 is 0.857 bits per heavy atom. The molecule has 0 bridgehead atoms. The summed E-state index contributed by atoms with van der Waals surface area (Å²) in [4.78, 5) is 0. The molecule has 0 amide bonds. The van der Waals surface area contributed by atoms with Gasteiger partial charge in [-0.3, -0.25) is 0 Å². The minimum absolute atomic E-state index is 0.884. The molecule has 0 heteroatoms. The largest absolute Gasteiger partial charge is 0.0628 e. The summed E-state index contributed by atoms with van der Waals surface area (Å²) in [5.74, 6) is 2.76. The van der Waals surface area contributed by atoms with Crippen LogP contribution in [0.5, 0.6) is 0 Å². The lowest BCUT2D eigenvalue weighted by atomic mass is 9.90. The van der Waals surface area contributed by atoms with Gasteiger partial charge < -0.3 is 0 Å². The van der Waals surface area contributed by atoms with Crippen LogP contribution in [0.1, 0.15) is 78.1 Å². The van der Waals surface area contributed by atoms with Gasteiger partial charge in [0.15, 0.2) is 0 Å². The molecule has 1 radical (unpaired) electrons. The molecule has 1 aliphatic rings. The molecule has 14 heavy (non-hydrogen) atoms. The van der Waals surface area contributed by atoms with Gasteiger partial charge in [0.2, 0.25) is 0 Å². The topological polar surface area (TPSA) is 0 Å². The van der Waals surface area contributed by atoms with Crippen LogP contribution in [-0.4, -0.2) is 0 Å². The van der Waals surface area contributed by atoms with E-state index in [4.69, 9.17) is 0 Å². The molecule has 0 N–H and O–H groups in total. The van der Waals surface area contributed by atoms with Crippen molar-refractivity contribution in [3.63, 3.8) is 0 Å². The predicted molar refractivity (Wildman–Crippen MR) is 64.3 cm³/mol. The molecule has 0 nitrogen and oxygen atoms in total. The van der Waals surface area contributed by atoms with E-state index in [0.29, 0.717) is 0 Å². The monoisotopic (exact) mass is 195 g/mol. The summed E-state index contributed by atoms with van der Waals surface area (Å²) in [7, 11) is 0. The summed E-state index contributed by atoms with van der Waals surface area (Å²) in [6.07, 6.45) is 14.6. The molecule has 0 spiro atoms. The van der Waals surface area contributed by atoms with Crippen molar-refractivity contribution in [1.29, 1.82) is 0 Å². The standard InChI is InChI=1S/C14H27/c1-13(2)11-12-14-9-7-5-3-4-6-8-10-14/h13H,3-12H2,1-2H3. The van der Waals surface area contributed by atoms with Crippen LogP contribution >= 0.6 is 0 Å². The van der Waals surface area contributed by atoms with Gasteiger partial charge >= 0.3 is 0 Å². The van der Waals surface area contributed by atoms with Crippen LogP contribution in [-0.2, 0) is 0 Å². The predicted octanol–water partition coefficient (Wildman–Crippen LogP) is 5.13. The SMILES string of the molecule is CC(C)CC[C]1CCCCCCCC1. The molecule has 1 fully saturated rings. The molecular weight excluding hydrogens is 168 g/mol. The molecular formula is C14H27. The molecule has 0 aromatic carbocycles. The van der Waals surface area contributed by atoms with Crippen LogP contribution < -0.4 is 0 Å². The normalized spacial score (nSPS) is 21.6. The number of rotatable bonds is 3. The molecule has 0 unspecified atom stereocenters. The van der Waals surface area contributed by atoms with Crippen molar-refractivity contribution < 1.29 is 0 Å². The van der Waals surface area contributed by atoms with Crippen molar-refractivity contribution in [3.05, 3.63) is 5.92 Å². The van der Waals surface area contributed by atoms with Gasteiger partial charge in [-0.1, -0.05) is 58.8 Å². The van der Waals surface area contributed by atoms with Crippen LogP contribution in [0.25, 0.3) is 0 Å². The van der Waals surface area contributed by atoms with E-state index in [9.17, 15) is 0 Å². The average Bonchev–Trinajstić information content (AvgIpc) is 2.27. The van der Waals surface area contributed by atoms with E-state index in [1.807, 2.05) is 5.92 Å². The molecule has 0 saturated heterocycles. The van der Waals surface area contributed by atoms with Crippen molar-refractivity contribution >= 4 is 0 Å². The first-order valence-corrected chi connectivity index (χ1v) is 6.62. The zero-order valence-corrected chi connectivity index (χ0v) is 10.1. The lowest BCUT2D eigenvalue weighted by Gasteiger charge is -2.16. The Balaban J connectivity index is 2.18.